The molecule has 0 saturated carbocycles. The van der Waals surface area contributed by atoms with Crippen molar-refractivity contribution in [2.45, 2.75) is 0 Å². The molecule has 0 aliphatic carbocycles. The molecule has 6 nitrogen and oxygen atoms in total. The van der Waals surface area contributed by atoms with E-state index in [-0.39, 0.29) is 17.8 Å². The summed E-state index contributed by atoms with van der Waals surface area (Å²) in [4.78, 5) is 15.8. The Morgan fingerprint density at radius 1 is 1.80 bits per heavy atom. The van der Waals surface area contributed by atoms with Crippen LogP contribution in [0.5, 0.6) is 0 Å². The topological polar surface area (TPSA) is 103 Å². The summed E-state index contributed by atoms with van der Waals surface area (Å²) in [7, 11) is 1.55. The third kappa shape index (κ3) is 2.34. The summed E-state index contributed by atoms with van der Waals surface area (Å²) in [6.45, 7) is -0.216. The van der Waals surface area contributed by atoms with Gasteiger partial charge in [-0.05, 0) is 6.07 Å². The van der Waals surface area contributed by atoms with Gasteiger partial charge < -0.3 is 15.7 Å². The van der Waals surface area contributed by atoms with Crippen LogP contribution in [0.15, 0.2) is 12.3 Å². The fraction of sp³-hybridized carbons (Fsp3) is 0.222. The quantitative estimate of drug-likeness (QED) is 0.724. The molecule has 0 saturated heterocycles. The number of aromatic nitrogens is 1. The van der Waals surface area contributed by atoms with Crippen LogP contribution in [0, 0.1) is 11.3 Å². The van der Waals surface area contributed by atoms with Crippen molar-refractivity contribution in [3.8, 4) is 6.07 Å². The Labute approximate surface area is 86.6 Å². The molecule has 1 aromatic heterocycles. The van der Waals surface area contributed by atoms with Gasteiger partial charge in [-0.1, -0.05) is 0 Å². The SMILES string of the molecule is CN(CC(=O)O)c1nccc(C#N)c1N. The van der Waals surface area contributed by atoms with Crippen LogP contribution >= 0.6 is 0 Å². The lowest BCUT2D eigenvalue weighted by atomic mass is 10.2. The van der Waals surface area contributed by atoms with E-state index in [1.165, 1.54) is 17.2 Å². The largest absolute Gasteiger partial charge is 0.480 e. The van der Waals surface area contributed by atoms with Gasteiger partial charge in [-0.15, -0.1) is 0 Å². The van der Waals surface area contributed by atoms with Crippen molar-refractivity contribution in [2.24, 2.45) is 0 Å². The molecule has 1 heterocycles. The third-order valence-corrected chi connectivity index (χ3v) is 1.82. The van der Waals surface area contributed by atoms with E-state index in [1.54, 1.807) is 7.05 Å². The van der Waals surface area contributed by atoms with Crippen LogP contribution in [0.4, 0.5) is 11.5 Å². The Morgan fingerprint density at radius 2 is 2.47 bits per heavy atom. The number of aliphatic carboxylic acids is 1. The Kier molecular flexibility index (Phi) is 3.08. The molecule has 15 heavy (non-hydrogen) atoms. The van der Waals surface area contributed by atoms with Crippen molar-refractivity contribution < 1.29 is 9.90 Å². The molecular weight excluding hydrogens is 196 g/mol. The van der Waals surface area contributed by atoms with Crippen LogP contribution in [-0.2, 0) is 4.79 Å². The minimum absolute atomic E-state index is 0.198. The van der Waals surface area contributed by atoms with Crippen molar-refractivity contribution in [2.75, 3.05) is 24.2 Å². The van der Waals surface area contributed by atoms with Crippen LogP contribution in [0.25, 0.3) is 0 Å². The number of nitrogen functional groups attached to an aromatic ring is 1. The summed E-state index contributed by atoms with van der Waals surface area (Å²) in [5.74, 6) is -0.683. The highest BCUT2D eigenvalue weighted by molar-refractivity contribution is 5.77. The molecule has 0 aliphatic heterocycles. The summed E-state index contributed by atoms with van der Waals surface area (Å²) in [6, 6.07) is 3.38. The molecule has 0 aromatic carbocycles. The minimum Gasteiger partial charge on any atom is -0.480 e. The predicted octanol–water partition coefficient (Wildman–Crippen LogP) is 0.0563. The summed E-state index contributed by atoms with van der Waals surface area (Å²) < 4.78 is 0. The van der Waals surface area contributed by atoms with Crippen molar-refractivity contribution in [3.05, 3.63) is 17.8 Å². The van der Waals surface area contributed by atoms with Crippen LogP contribution in [0.1, 0.15) is 5.56 Å². The molecule has 0 aliphatic rings. The van der Waals surface area contributed by atoms with Gasteiger partial charge in [0.25, 0.3) is 0 Å². The molecule has 0 amide bonds. The Hall–Kier alpha value is -2.29. The number of nitriles is 1. The molecule has 3 N–H and O–H groups in total. The summed E-state index contributed by atoms with van der Waals surface area (Å²) in [5, 5.41) is 17.3. The smallest absolute Gasteiger partial charge is 0.323 e. The van der Waals surface area contributed by atoms with Gasteiger partial charge in [0.1, 0.15) is 12.6 Å². The van der Waals surface area contributed by atoms with Crippen molar-refractivity contribution >= 4 is 17.5 Å². The molecule has 1 aromatic rings. The lowest BCUT2D eigenvalue weighted by Crippen LogP contribution is -2.26. The molecule has 0 unspecified atom stereocenters. The zero-order valence-corrected chi connectivity index (χ0v) is 8.14. The summed E-state index contributed by atoms with van der Waals surface area (Å²) in [6.07, 6.45) is 1.42. The highest BCUT2D eigenvalue weighted by Gasteiger charge is 2.12. The molecule has 78 valence electrons. The lowest BCUT2D eigenvalue weighted by molar-refractivity contribution is -0.135. The average molecular weight is 206 g/mol. The summed E-state index contributed by atoms with van der Waals surface area (Å²) in [5.41, 5.74) is 6.14. The minimum atomic E-state index is -0.985. The van der Waals surface area contributed by atoms with Gasteiger partial charge >= 0.3 is 5.97 Å². The first-order chi connectivity index (χ1) is 7.06. The van der Waals surface area contributed by atoms with Gasteiger partial charge in [0.15, 0.2) is 5.82 Å². The fourth-order valence-corrected chi connectivity index (χ4v) is 1.14. The first-order valence-electron chi connectivity index (χ1n) is 4.13. The molecular formula is C9H10N4O2. The van der Waals surface area contributed by atoms with Crippen LogP contribution in [0.2, 0.25) is 0 Å². The van der Waals surface area contributed by atoms with Crippen LogP contribution < -0.4 is 10.6 Å². The van der Waals surface area contributed by atoms with Crippen molar-refractivity contribution in [3.63, 3.8) is 0 Å². The van der Waals surface area contributed by atoms with Gasteiger partial charge in [0, 0.05) is 13.2 Å². The molecule has 0 atom stereocenters. The number of pyridine rings is 1. The highest BCUT2D eigenvalue weighted by Crippen LogP contribution is 2.21. The number of carboxylic acid groups (broad SMARTS) is 1. The second-order valence-corrected chi connectivity index (χ2v) is 2.96. The number of hydrogen-bond acceptors (Lipinski definition) is 5. The number of nitrogens with two attached hydrogens (primary N) is 1. The molecule has 0 radical (unpaired) electrons. The number of anilines is 2. The lowest BCUT2D eigenvalue weighted by Gasteiger charge is -2.17. The molecule has 0 spiro atoms. The second-order valence-electron chi connectivity index (χ2n) is 2.96. The molecule has 0 bridgehead atoms. The molecule has 1 rings (SSSR count). The van der Waals surface area contributed by atoms with Gasteiger partial charge in [0.2, 0.25) is 0 Å². The average Bonchev–Trinajstić information content (AvgIpc) is 2.17. The zero-order chi connectivity index (χ0) is 11.4. The van der Waals surface area contributed by atoms with E-state index in [0.29, 0.717) is 5.82 Å². The third-order valence-electron chi connectivity index (χ3n) is 1.82. The van der Waals surface area contributed by atoms with E-state index in [2.05, 4.69) is 4.98 Å². The monoisotopic (exact) mass is 206 g/mol. The standard InChI is InChI=1S/C9H10N4O2/c1-13(5-7(14)15)9-8(11)6(4-10)2-3-12-9/h2-3H,5,11H2,1H3,(H,14,15). The van der Waals surface area contributed by atoms with E-state index in [4.69, 9.17) is 16.1 Å². The van der Waals surface area contributed by atoms with Crippen molar-refractivity contribution in [1.29, 1.82) is 5.26 Å². The number of carbonyl (C=O) groups is 1. The predicted molar refractivity (Wildman–Crippen MR) is 54.3 cm³/mol. The Balaban J connectivity index is 3.05. The Bertz CT molecular complexity index is 425. The van der Waals surface area contributed by atoms with Crippen LogP contribution in [-0.4, -0.2) is 29.7 Å². The zero-order valence-electron chi connectivity index (χ0n) is 8.14. The highest BCUT2D eigenvalue weighted by atomic mass is 16.4. The maximum absolute atomic E-state index is 10.5. The Morgan fingerprint density at radius 3 is 3.00 bits per heavy atom. The normalized spacial score (nSPS) is 9.33. The number of nitrogens with zero attached hydrogens (tertiary/aromatic N) is 3. The van der Waals surface area contributed by atoms with E-state index in [0.717, 1.165) is 0 Å². The number of carboxylic acids is 1. The second kappa shape index (κ2) is 4.28. The van der Waals surface area contributed by atoms with Gasteiger partial charge in [-0.2, -0.15) is 5.26 Å². The van der Waals surface area contributed by atoms with E-state index in [9.17, 15) is 4.79 Å². The maximum atomic E-state index is 10.5. The van der Waals surface area contributed by atoms with Crippen molar-refractivity contribution in [1.82, 2.24) is 4.98 Å². The first kappa shape index (κ1) is 10.8. The van der Waals surface area contributed by atoms with E-state index >= 15 is 0 Å². The number of hydrogen-bond donors (Lipinski definition) is 2. The van der Waals surface area contributed by atoms with Gasteiger partial charge in [-0.3, -0.25) is 4.79 Å². The fourth-order valence-electron chi connectivity index (χ4n) is 1.14. The van der Waals surface area contributed by atoms with Gasteiger partial charge in [0.05, 0.1) is 11.3 Å². The molecule has 6 heteroatoms. The van der Waals surface area contributed by atoms with E-state index < -0.39 is 5.97 Å². The first-order valence-corrected chi connectivity index (χ1v) is 4.13. The van der Waals surface area contributed by atoms with Crippen LogP contribution in [0.3, 0.4) is 0 Å². The molecule has 0 fully saturated rings. The van der Waals surface area contributed by atoms with Gasteiger partial charge in [-0.25, -0.2) is 4.98 Å². The van der Waals surface area contributed by atoms with E-state index in [1.807, 2.05) is 6.07 Å². The maximum Gasteiger partial charge on any atom is 0.323 e. The summed E-state index contributed by atoms with van der Waals surface area (Å²) >= 11 is 0. The number of likely N-dealkylation sites (N-methyl/N-ethyl adjacent to an activating group) is 1. The number of rotatable bonds is 3.